The van der Waals surface area contributed by atoms with Gasteiger partial charge < -0.3 is 33.5 Å². The van der Waals surface area contributed by atoms with Gasteiger partial charge in [-0.3, -0.25) is 0 Å². The van der Waals surface area contributed by atoms with Gasteiger partial charge in [-0.05, 0) is 18.2 Å². The third-order valence-corrected chi connectivity index (χ3v) is 1.81. The summed E-state index contributed by atoms with van der Waals surface area (Å²) in [6.45, 7) is 0. The molecule has 0 N–H and O–H groups in total. The number of methoxy groups -OCH3 is 2. The Morgan fingerprint density at radius 3 is 2.13 bits per heavy atom. The highest BCUT2D eigenvalue weighted by molar-refractivity contribution is 5.77. The van der Waals surface area contributed by atoms with Crippen molar-refractivity contribution in [3.8, 4) is 11.5 Å². The maximum atomic E-state index is 5.19. The Hall–Kier alpha value is -0.780. The molecule has 4 heteroatoms. The number of nitrogens with zero attached hydrogens (tertiary/aromatic N) is 1. The first kappa shape index (κ1) is 14.2. The van der Waals surface area contributed by atoms with Gasteiger partial charge in [0.1, 0.15) is 14.1 Å². The van der Waals surface area contributed by atoms with Gasteiger partial charge in [0.05, 0.1) is 14.2 Å². The Labute approximate surface area is 108 Å². The smallest absolute Gasteiger partial charge is 0.170 e. The molecule has 1 rings (SSSR count). The highest BCUT2D eigenvalue weighted by Gasteiger charge is 2.04. The Kier molecular flexibility index (Phi) is 6.31. The molecule has 0 aliphatic heterocycles. The van der Waals surface area contributed by atoms with E-state index in [4.69, 9.17) is 9.47 Å². The van der Waals surface area contributed by atoms with Crippen molar-refractivity contribution in [2.75, 3.05) is 28.3 Å². The van der Waals surface area contributed by atoms with Crippen molar-refractivity contribution >= 4 is 6.21 Å². The normalized spacial score (nSPS) is 8.80. The largest absolute Gasteiger partial charge is 1.00 e. The van der Waals surface area contributed by atoms with Gasteiger partial charge in [0.25, 0.3) is 0 Å². The van der Waals surface area contributed by atoms with Crippen molar-refractivity contribution in [1.82, 2.24) is 0 Å². The zero-order chi connectivity index (χ0) is 10.6. The van der Waals surface area contributed by atoms with Crippen LogP contribution in [-0.4, -0.2) is 39.1 Å². The van der Waals surface area contributed by atoms with Crippen LogP contribution in [0.25, 0.3) is 0 Å². The second-order valence-electron chi connectivity index (χ2n) is 3.21. The Morgan fingerprint density at radius 2 is 1.67 bits per heavy atom. The van der Waals surface area contributed by atoms with Crippen molar-refractivity contribution < 1.29 is 38.0 Å². The van der Waals surface area contributed by atoms with Crippen molar-refractivity contribution in [3.05, 3.63) is 23.8 Å². The van der Waals surface area contributed by atoms with Gasteiger partial charge >= 0.3 is 0 Å². The van der Waals surface area contributed by atoms with Gasteiger partial charge in [0.15, 0.2) is 17.7 Å². The summed E-state index contributed by atoms with van der Waals surface area (Å²) in [4.78, 5) is 0. The van der Waals surface area contributed by atoms with Gasteiger partial charge in [-0.1, -0.05) is 0 Å². The second-order valence-corrected chi connectivity index (χ2v) is 3.21. The molecule has 0 aliphatic carbocycles. The number of hydrogen-bond donors (Lipinski definition) is 0. The molecule has 0 aliphatic rings. The van der Waals surface area contributed by atoms with Gasteiger partial charge in [0, 0.05) is 5.56 Å². The molecule has 0 bridgehead atoms. The topological polar surface area (TPSA) is 21.5 Å². The molecular formula is C11H16INO2. The van der Waals surface area contributed by atoms with Gasteiger partial charge in [-0.2, -0.15) is 0 Å². The number of ether oxygens (including phenoxy) is 2. The molecule has 0 saturated heterocycles. The highest BCUT2D eigenvalue weighted by Crippen LogP contribution is 2.26. The van der Waals surface area contributed by atoms with Crippen LogP contribution in [0.1, 0.15) is 5.56 Å². The van der Waals surface area contributed by atoms with Crippen LogP contribution in [0.5, 0.6) is 11.5 Å². The van der Waals surface area contributed by atoms with E-state index in [1.165, 1.54) is 0 Å². The lowest BCUT2D eigenvalue weighted by molar-refractivity contribution is -0.458. The zero-order valence-electron chi connectivity index (χ0n) is 9.45. The summed E-state index contributed by atoms with van der Waals surface area (Å²) in [6, 6.07) is 5.83. The van der Waals surface area contributed by atoms with Crippen molar-refractivity contribution in [2.45, 2.75) is 0 Å². The van der Waals surface area contributed by atoms with Crippen LogP contribution in [0.2, 0.25) is 0 Å². The molecule has 15 heavy (non-hydrogen) atoms. The molecule has 0 amide bonds. The maximum absolute atomic E-state index is 5.19. The van der Waals surface area contributed by atoms with E-state index in [9.17, 15) is 0 Å². The molecular weight excluding hydrogens is 305 g/mol. The third kappa shape index (κ3) is 4.07. The summed E-state index contributed by atoms with van der Waals surface area (Å²) < 4.78 is 12.3. The van der Waals surface area contributed by atoms with E-state index in [1.807, 2.05) is 43.1 Å². The van der Waals surface area contributed by atoms with Crippen molar-refractivity contribution in [2.24, 2.45) is 0 Å². The Balaban J connectivity index is 0.00000196. The van der Waals surface area contributed by atoms with E-state index in [2.05, 4.69) is 0 Å². The van der Waals surface area contributed by atoms with E-state index >= 15 is 0 Å². The first-order chi connectivity index (χ1) is 6.67. The van der Waals surface area contributed by atoms with Gasteiger partial charge in [0.2, 0.25) is 0 Å². The average molecular weight is 321 g/mol. The van der Waals surface area contributed by atoms with Gasteiger partial charge in [-0.15, -0.1) is 0 Å². The minimum absolute atomic E-state index is 0. The predicted octanol–water partition coefficient (Wildman–Crippen LogP) is -1.60. The number of rotatable bonds is 3. The molecule has 3 nitrogen and oxygen atoms in total. The lowest BCUT2D eigenvalue weighted by Gasteiger charge is -2.06. The maximum Gasteiger partial charge on any atom is 0.170 e. The second kappa shape index (κ2) is 6.66. The first-order valence-electron chi connectivity index (χ1n) is 4.40. The summed E-state index contributed by atoms with van der Waals surface area (Å²) in [6.07, 6.45) is 2.02. The molecule has 0 saturated carbocycles. The molecule has 1 aromatic rings. The van der Waals surface area contributed by atoms with Crippen molar-refractivity contribution in [1.29, 1.82) is 0 Å². The summed E-state index contributed by atoms with van der Waals surface area (Å²) in [7, 11) is 7.23. The van der Waals surface area contributed by atoms with Crippen LogP contribution >= 0.6 is 0 Å². The Bertz CT molecular complexity index is 346. The summed E-state index contributed by atoms with van der Waals surface area (Å²) >= 11 is 0. The lowest BCUT2D eigenvalue weighted by atomic mass is 10.2. The summed E-state index contributed by atoms with van der Waals surface area (Å²) in [5, 5.41) is 0. The van der Waals surface area contributed by atoms with Crippen LogP contribution in [0.3, 0.4) is 0 Å². The fourth-order valence-corrected chi connectivity index (χ4v) is 1.23. The molecule has 0 unspecified atom stereocenters. The fourth-order valence-electron chi connectivity index (χ4n) is 1.23. The highest BCUT2D eigenvalue weighted by atomic mass is 127. The molecule has 0 spiro atoms. The quantitative estimate of drug-likeness (QED) is 0.380. The number of halogens is 1. The Morgan fingerprint density at radius 1 is 1.07 bits per heavy atom. The minimum Gasteiger partial charge on any atom is -1.00 e. The number of hydrogen-bond acceptors (Lipinski definition) is 2. The summed E-state index contributed by atoms with van der Waals surface area (Å²) in [5.74, 6) is 1.51. The molecule has 0 heterocycles. The van der Waals surface area contributed by atoms with Crippen LogP contribution in [-0.2, 0) is 0 Å². The molecule has 0 atom stereocenters. The van der Waals surface area contributed by atoms with E-state index in [0.717, 1.165) is 17.1 Å². The molecule has 1 aromatic carbocycles. The molecule has 84 valence electrons. The molecule has 0 aromatic heterocycles. The van der Waals surface area contributed by atoms with E-state index in [0.29, 0.717) is 0 Å². The molecule has 0 radical (unpaired) electrons. The monoisotopic (exact) mass is 321 g/mol. The van der Waals surface area contributed by atoms with Crippen molar-refractivity contribution in [3.63, 3.8) is 0 Å². The molecule has 0 fully saturated rings. The minimum atomic E-state index is 0. The zero-order valence-corrected chi connectivity index (χ0v) is 11.6. The average Bonchev–Trinajstić information content (AvgIpc) is 2.16. The predicted molar refractivity (Wildman–Crippen MR) is 56.8 cm³/mol. The van der Waals surface area contributed by atoms with Crippen LogP contribution in [0, 0.1) is 0 Å². The van der Waals surface area contributed by atoms with Gasteiger partial charge in [-0.25, -0.2) is 4.58 Å². The standard InChI is InChI=1S/C11H16NO2.HI/c1-12(2)8-9-5-6-10(13-3)11(7-9)14-4;/h5-8H,1-4H3;1H/q+1;/p-1. The lowest BCUT2D eigenvalue weighted by Crippen LogP contribution is -3.00. The van der Waals surface area contributed by atoms with Crippen LogP contribution < -0.4 is 33.5 Å². The third-order valence-electron chi connectivity index (χ3n) is 1.81. The summed E-state index contributed by atoms with van der Waals surface area (Å²) in [5.41, 5.74) is 1.09. The van der Waals surface area contributed by atoms with E-state index < -0.39 is 0 Å². The SMILES string of the molecule is COc1ccc(C=[N+](C)C)cc1OC.[I-]. The first-order valence-corrected chi connectivity index (χ1v) is 4.40. The fraction of sp³-hybridized carbons (Fsp3) is 0.364. The van der Waals surface area contributed by atoms with E-state index in [1.54, 1.807) is 14.2 Å². The van der Waals surface area contributed by atoms with E-state index in [-0.39, 0.29) is 24.0 Å². The van der Waals surface area contributed by atoms with Crippen LogP contribution in [0.15, 0.2) is 18.2 Å². The number of benzene rings is 1. The van der Waals surface area contributed by atoms with Crippen LogP contribution in [0.4, 0.5) is 0 Å².